The van der Waals surface area contributed by atoms with E-state index in [4.69, 9.17) is 10.2 Å². The number of rotatable bonds is 8. The van der Waals surface area contributed by atoms with Crippen LogP contribution in [-0.4, -0.2) is 34.4 Å². The molecule has 0 saturated heterocycles. The minimum Gasteiger partial charge on any atom is -0.395 e. The molecule has 1 atom stereocenters. The zero-order valence-corrected chi connectivity index (χ0v) is 11.0. The largest absolute Gasteiger partial charge is 0.395 e. The Hall–Kier alpha value is -1.50. The number of nitro benzene ring substituents is 1. The summed E-state index contributed by atoms with van der Waals surface area (Å²) >= 11 is 0. The van der Waals surface area contributed by atoms with E-state index in [9.17, 15) is 10.1 Å². The van der Waals surface area contributed by atoms with Crippen LogP contribution in [0.25, 0.3) is 0 Å². The number of nitrogens with zero attached hydrogens (tertiary/aromatic N) is 1. The van der Waals surface area contributed by atoms with Crippen LogP contribution >= 0.6 is 0 Å². The molecule has 0 heterocycles. The van der Waals surface area contributed by atoms with Crippen LogP contribution in [0.15, 0.2) is 24.3 Å². The van der Waals surface area contributed by atoms with Gasteiger partial charge in [0.1, 0.15) is 0 Å². The minimum atomic E-state index is -0.428. The van der Waals surface area contributed by atoms with E-state index in [1.807, 2.05) is 13.0 Å². The third kappa shape index (κ3) is 4.59. The monoisotopic (exact) mass is 268 g/mol. The van der Waals surface area contributed by atoms with E-state index in [-0.39, 0.29) is 24.9 Å². The second-order valence-corrected chi connectivity index (χ2v) is 4.42. The highest BCUT2D eigenvalue weighted by Crippen LogP contribution is 2.23. The predicted octanol–water partition coefficient (Wildman–Crippen LogP) is 1.38. The fourth-order valence-electron chi connectivity index (χ4n) is 1.94. The Labute approximate surface area is 112 Å². The van der Waals surface area contributed by atoms with Gasteiger partial charge in [0.05, 0.1) is 24.2 Å². The van der Waals surface area contributed by atoms with Crippen molar-refractivity contribution >= 4 is 5.69 Å². The van der Waals surface area contributed by atoms with Gasteiger partial charge in [-0.15, -0.1) is 0 Å². The lowest BCUT2D eigenvalue weighted by Crippen LogP contribution is -2.38. The van der Waals surface area contributed by atoms with Gasteiger partial charge in [-0.3, -0.25) is 10.1 Å². The number of hydrogen-bond donors (Lipinski definition) is 3. The summed E-state index contributed by atoms with van der Waals surface area (Å²) in [6.07, 6.45) is 1.67. The Bertz CT molecular complexity index is 407. The van der Waals surface area contributed by atoms with E-state index in [1.165, 1.54) is 12.1 Å². The van der Waals surface area contributed by atoms with Gasteiger partial charge in [0.2, 0.25) is 0 Å². The van der Waals surface area contributed by atoms with Gasteiger partial charge in [-0.1, -0.05) is 25.5 Å². The Kier molecular flexibility index (Phi) is 6.41. The highest BCUT2D eigenvalue weighted by atomic mass is 16.6. The van der Waals surface area contributed by atoms with Crippen molar-refractivity contribution < 1.29 is 15.1 Å². The van der Waals surface area contributed by atoms with Crippen molar-refractivity contribution in [2.45, 2.75) is 31.8 Å². The first kappa shape index (κ1) is 15.6. The Morgan fingerprint density at radius 2 is 2.05 bits per heavy atom. The standard InChI is InChI=1S/C13H20N2O4/c1-2-4-13(14-11(8-16)9-17)10-5-3-6-12(7-10)15(18)19/h3,5-7,11,13-14,16-17H,2,4,8-9H2,1H3. The molecule has 0 radical (unpaired) electrons. The van der Waals surface area contributed by atoms with Crippen LogP contribution in [0, 0.1) is 10.1 Å². The number of aliphatic hydroxyl groups is 2. The average Bonchev–Trinajstić information content (AvgIpc) is 2.43. The molecule has 0 saturated carbocycles. The summed E-state index contributed by atoms with van der Waals surface area (Å²) in [7, 11) is 0. The molecule has 0 spiro atoms. The van der Waals surface area contributed by atoms with Crippen molar-refractivity contribution in [1.82, 2.24) is 5.32 Å². The molecule has 1 unspecified atom stereocenters. The highest BCUT2D eigenvalue weighted by Gasteiger charge is 2.17. The average molecular weight is 268 g/mol. The maximum absolute atomic E-state index is 10.8. The van der Waals surface area contributed by atoms with Crippen molar-refractivity contribution in [3.05, 3.63) is 39.9 Å². The SMILES string of the molecule is CCCC(NC(CO)CO)c1cccc([N+](=O)[O-])c1. The van der Waals surface area contributed by atoms with Crippen LogP contribution in [0.2, 0.25) is 0 Å². The van der Waals surface area contributed by atoms with E-state index >= 15 is 0 Å². The molecule has 1 aromatic rings. The third-order valence-electron chi connectivity index (χ3n) is 2.94. The van der Waals surface area contributed by atoms with E-state index < -0.39 is 11.0 Å². The maximum Gasteiger partial charge on any atom is 0.269 e. The number of non-ortho nitro benzene ring substituents is 1. The van der Waals surface area contributed by atoms with Crippen LogP contribution in [0.4, 0.5) is 5.69 Å². The summed E-state index contributed by atoms with van der Waals surface area (Å²) in [5, 5.41) is 32.1. The molecular weight excluding hydrogens is 248 g/mol. The van der Waals surface area contributed by atoms with Crippen LogP contribution in [-0.2, 0) is 0 Å². The lowest BCUT2D eigenvalue weighted by atomic mass is 10.0. The molecule has 0 amide bonds. The summed E-state index contributed by atoms with van der Waals surface area (Å²) in [4.78, 5) is 10.3. The van der Waals surface area contributed by atoms with Crippen LogP contribution in [0.5, 0.6) is 0 Å². The summed E-state index contributed by atoms with van der Waals surface area (Å²) in [6.45, 7) is 1.66. The molecule has 106 valence electrons. The number of benzene rings is 1. The molecule has 0 aliphatic carbocycles. The van der Waals surface area contributed by atoms with Crippen LogP contribution in [0.3, 0.4) is 0 Å². The molecule has 0 aliphatic rings. The number of aliphatic hydroxyl groups excluding tert-OH is 2. The maximum atomic E-state index is 10.8. The summed E-state index contributed by atoms with van der Waals surface area (Å²) in [5.74, 6) is 0. The zero-order chi connectivity index (χ0) is 14.3. The second kappa shape index (κ2) is 7.83. The summed E-state index contributed by atoms with van der Waals surface area (Å²) in [6, 6.07) is 5.89. The molecule has 1 rings (SSSR count). The van der Waals surface area contributed by atoms with Crippen molar-refractivity contribution in [2.75, 3.05) is 13.2 Å². The van der Waals surface area contributed by atoms with E-state index in [0.717, 1.165) is 18.4 Å². The summed E-state index contributed by atoms with van der Waals surface area (Å²) < 4.78 is 0. The third-order valence-corrected chi connectivity index (χ3v) is 2.94. The Morgan fingerprint density at radius 3 is 2.58 bits per heavy atom. The molecular formula is C13H20N2O4. The van der Waals surface area contributed by atoms with Gasteiger partial charge in [-0.05, 0) is 12.0 Å². The molecule has 19 heavy (non-hydrogen) atoms. The zero-order valence-electron chi connectivity index (χ0n) is 11.0. The summed E-state index contributed by atoms with van der Waals surface area (Å²) in [5.41, 5.74) is 0.841. The van der Waals surface area contributed by atoms with Crippen LogP contribution < -0.4 is 5.32 Å². The first-order valence-corrected chi connectivity index (χ1v) is 6.34. The molecule has 1 aromatic carbocycles. The van der Waals surface area contributed by atoms with Crippen molar-refractivity contribution in [2.24, 2.45) is 0 Å². The van der Waals surface area contributed by atoms with Gasteiger partial charge in [-0.25, -0.2) is 0 Å². The Balaban J connectivity index is 2.91. The minimum absolute atomic E-state index is 0.0463. The number of nitro groups is 1. The van der Waals surface area contributed by atoms with Crippen molar-refractivity contribution in [1.29, 1.82) is 0 Å². The lowest BCUT2D eigenvalue weighted by Gasteiger charge is -2.23. The normalized spacial score (nSPS) is 12.6. The number of hydrogen-bond acceptors (Lipinski definition) is 5. The molecule has 6 heteroatoms. The predicted molar refractivity (Wildman–Crippen MR) is 71.8 cm³/mol. The topological polar surface area (TPSA) is 95.6 Å². The fraction of sp³-hybridized carbons (Fsp3) is 0.538. The first-order valence-electron chi connectivity index (χ1n) is 6.34. The molecule has 3 N–H and O–H groups in total. The van der Waals surface area contributed by atoms with Crippen molar-refractivity contribution in [3.8, 4) is 0 Å². The van der Waals surface area contributed by atoms with E-state index in [1.54, 1.807) is 6.07 Å². The lowest BCUT2D eigenvalue weighted by molar-refractivity contribution is -0.384. The first-order chi connectivity index (χ1) is 9.12. The quantitative estimate of drug-likeness (QED) is 0.489. The van der Waals surface area contributed by atoms with E-state index in [0.29, 0.717) is 0 Å². The molecule has 0 bridgehead atoms. The molecule has 0 fully saturated rings. The van der Waals surface area contributed by atoms with Crippen LogP contribution in [0.1, 0.15) is 31.4 Å². The van der Waals surface area contributed by atoms with Gasteiger partial charge < -0.3 is 15.5 Å². The van der Waals surface area contributed by atoms with Crippen molar-refractivity contribution in [3.63, 3.8) is 0 Å². The smallest absolute Gasteiger partial charge is 0.269 e. The fourth-order valence-corrected chi connectivity index (χ4v) is 1.94. The van der Waals surface area contributed by atoms with Gasteiger partial charge in [0, 0.05) is 18.2 Å². The van der Waals surface area contributed by atoms with Gasteiger partial charge in [0.15, 0.2) is 0 Å². The van der Waals surface area contributed by atoms with E-state index in [2.05, 4.69) is 5.32 Å². The second-order valence-electron chi connectivity index (χ2n) is 4.42. The molecule has 6 nitrogen and oxygen atoms in total. The van der Waals surface area contributed by atoms with Gasteiger partial charge in [0.25, 0.3) is 5.69 Å². The van der Waals surface area contributed by atoms with Gasteiger partial charge >= 0.3 is 0 Å². The highest BCUT2D eigenvalue weighted by molar-refractivity contribution is 5.35. The Morgan fingerprint density at radius 1 is 1.37 bits per heavy atom. The molecule has 0 aliphatic heterocycles. The number of nitrogens with one attached hydrogen (secondary N) is 1. The van der Waals surface area contributed by atoms with Gasteiger partial charge in [-0.2, -0.15) is 0 Å². The molecule has 0 aromatic heterocycles.